The van der Waals surface area contributed by atoms with Gasteiger partial charge in [0.05, 0.1) is 6.10 Å². The quantitative estimate of drug-likeness (QED) is 0.850. The minimum atomic E-state index is 0.408. The highest BCUT2D eigenvalue weighted by molar-refractivity contribution is 5.25. The largest absolute Gasteiger partial charge is 0.376 e. The molecule has 0 aromatic heterocycles. The van der Waals surface area contributed by atoms with Gasteiger partial charge in [0.15, 0.2) is 0 Å². The number of nitrogens with one attached hydrogen (secondary N) is 1. The second-order valence-corrected chi connectivity index (χ2v) is 7.30. The van der Waals surface area contributed by atoms with Crippen LogP contribution in [0.4, 0.5) is 0 Å². The lowest BCUT2D eigenvalue weighted by molar-refractivity contribution is 0.0793. The van der Waals surface area contributed by atoms with Crippen molar-refractivity contribution in [2.75, 3.05) is 6.61 Å². The van der Waals surface area contributed by atoms with Crippen LogP contribution < -0.4 is 5.32 Å². The fraction of sp³-hybridized carbons (Fsp3) is 0.684. The van der Waals surface area contributed by atoms with Crippen LogP contribution in [-0.2, 0) is 11.2 Å². The maximum atomic E-state index is 5.93. The Bertz CT molecular complexity index is 449. The van der Waals surface area contributed by atoms with Crippen molar-refractivity contribution in [2.24, 2.45) is 11.8 Å². The summed E-state index contributed by atoms with van der Waals surface area (Å²) < 4.78 is 5.93. The van der Waals surface area contributed by atoms with Crippen molar-refractivity contribution in [2.45, 2.75) is 64.6 Å². The number of hydrogen-bond acceptors (Lipinski definition) is 2. The van der Waals surface area contributed by atoms with E-state index in [1.54, 1.807) is 0 Å². The lowest BCUT2D eigenvalue weighted by Crippen LogP contribution is -2.39. The van der Waals surface area contributed by atoms with Gasteiger partial charge in [-0.2, -0.15) is 0 Å². The monoisotopic (exact) mass is 287 g/mol. The normalized spacial score (nSPS) is 27.2. The van der Waals surface area contributed by atoms with Crippen molar-refractivity contribution >= 4 is 0 Å². The molecule has 1 heterocycles. The molecule has 0 radical (unpaired) electrons. The summed E-state index contributed by atoms with van der Waals surface area (Å²) in [4.78, 5) is 0. The van der Waals surface area contributed by atoms with E-state index in [0.717, 1.165) is 24.9 Å². The van der Waals surface area contributed by atoms with Crippen LogP contribution >= 0.6 is 0 Å². The molecule has 1 N–H and O–H groups in total. The SMILES string of the molecule is CC(C)Cc1ccc(C(C)NC2CCOC2C2CC2)cc1. The molecule has 3 rings (SSSR count). The van der Waals surface area contributed by atoms with E-state index in [0.29, 0.717) is 18.2 Å². The highest BCUT2D eigenvalue weighted by atomic mass is 16.5. The minimum absolute atomic E-state index is 0.408. The molecule has 0 spiro atoms. The molecule has 1 saturated heterocycles. The summed E-state index contributed by atoms with van der Waals surface area (Å²) in [7, 11) is 0. The molecule has 21 heavy (non-hydrogen) atoms. The van der Waals surface area contributed by atoms with Crippen LogP contribution in [0.1, 0.15) is 57.2 Å². The molecule has 0 bridgehead atoms. The van der Waals surface area contributed by atoms with E-state index in [9.17, 15) is 0 Å². The second kappa shape index (κ2) is 6.50. The van der Waals surface area contributed by atoms with Gasteiger partial charge in [-0.05, 0) is 55.6 Å². The lowest BCUT2D eigenvalue weighted by atomic mass is 9.98. The van der Waals surface area contributed by atoms with E-state index in [1.807, 2.05) is 0 Å². The summed E-state index contributed by atoms with van der Waals surface area (Å²) in [6.07, 6.45) is 5.52. The van der Waals surface area contributed by atoms with Crippen LogP contribution in [0, 0.1) is 11.8 Å². The average molecular weight is 287 g/mol. The van der Waals surface area contributed by atoms with Crippen LogP contribution in [-0.4, -0.2) is 18.8 Å². The molecule has 116 valence electrons. The predicted octanol–water partition coefficient (Wildman–Crippen LogP) is 4.10. The average Bonchev–Trinajstić information content (AvgIpc) is 3.19. The fourth-order valence-corrected chi connectivity index (χ4v) is 3.51. The molecule has 3 atom stereocenters. The first-order chi connectivity index (χ1) is 10.1. The molecule has 1 aromatic rings. The van der Waals surface area contributed by atoms with Gasteiger partial charge in [-0.1, -0.05) is 38.1 Å². The maximum absolute atomic E-state index is 5.93. The number of ether oxygens (including phenoxy) is 1. The summed E-state index contributed by atoms with van der Waals surface area (Å²) in [5.74, 6) is 1.55. The Morgan fingerprint density at radius 1 is 1.10 bits per heavy atom. The number of benzene rings is 1. The van der Waals surface area contributed by atoms with Gasteiger partial charge in [-0.15, -0.1) is 0 Å². The third-order valence-electron chi connectivity index (χ3n) is 4.81. The number of hydrogen-bond donors (Lipinski definition) is 1. The lowest BCUT2D eigenvalue weighted by Gasteiger charge is -2.24. The predicted molar refractivity (Wildman–Crippen MR) is 87.4 cm³/mol. The summed E-state index contributed by atoms with van der Waals surface area (Å²) in [6.45, 7) is 7.75. The maximum Gasteiger partial charge on any atom is 0.0757 e. The standard InChI is InChI=1S/C19H29NO/c1-13(2)12-15-4-6-16(7-5-15)14(3)20-18-10-11-21-19(18)17-8-9-17/h4-7,13-14,17-20H,8-12H2,1-3H3. The Labute approximate surface area is 129 Å². The minimum Gasteiger partial charge on any atom is -0.376 e. The van der Waals surface area contributed by atoms with E-state index in [2.05, 4.69) is 50.4 Å². The first kappa shape index (κ1) is 15.1. The first-order valence-corrected chi connectivity index (χ1v) is 8.60. The van der Waals surface area contributed by atoms with Gasteiger partial charge in [0, 0.05) is 18.7 Å². The highest BCUT2D eigenvalue weighted by Gasteiger charge is 2.40. The topological polar surface area (TPSA) is 21.3 Å². The van der Waals surface area contributed by atoms with E-state index in [1.165, 1.54) is 30.4 Å². The van der Waals surface area contributed by atoms with Crippen molar-refractivity contribution < 1.29 is 4.74 Å². The van der Waals surface area contributed by atoms with E-state index < -0.39 is 0 Å². The molecule has 1 aromatic carbocycles. The molecule has 1 saturated carbocycles. The van der Waals surface area contributed by atoms with Crippen molar-refractivity contribution in [1.82, 2.24) is 5.32 Å². The second-order valence-electron chi connectivity index (χ2n) is 7.30. The molecular formula is C19H29NO. The van der Waals surface area contributed by atoms with Crippen LogP contribution in [0.3, 0.4) is 0 Å². The Balaban J connectivity index is 1.58. The molecule has 2 fully saturated rings. The first-order valence-electron chi connectivity index (χ1n) is 8.60. The highest BCUT2D eigenvalue weighted by Crippen LogP contribution is 2.39. The molecule has 2 aliphatic rings. The Hall–Kier alpha value is -0.860. The zero-order valence-corrected chi connectivity index (χ0v) is 13.6. The van der Waals surface area contributed by atoms with Crippen LogP contribution in [0.2, 0.25) is 0 Å². The van der Waals surface area contributed by atoms with Gasteiger partial charge in [-0.3, -0.25) is 0 Å². The van der Waals surface area contributed by atoms with Gasteiger partial charge < -0.3 is 10.1 Å². The number of rotatable bonds is 6. The van der Waals surface area contributed by atoms with Gasteiger partial charge in [0.2, 0.25) is 0 Å². The Kier molecular flexibility index (Phi) is 4.66. The Morgan fingerprint density at radius 2 is 1.81 bits per heavy atom. The van der Waals surface area contributed by atoms with Crippen molar-refractivity contribution in [3.05, 3.63) is 35.4 Å². The smallest absolute Gasteiger partial charge is 0.0757 e. The van der Waals surface area contributed by atoms with Gasteiger partial charge in [0.1, 0.15) is 0 Å². The molecule has 1 aliphatic carbocycles. The van der Waals surface area contributed by atoms with Crippen molar-refractivity contribution in [3.63, 3.8) is 0 Å². The molecule has 2 heteroatoms. The molecule has 3 unspecified atom stereocenters. The fourth-order valence-electron chi connectivity index (χ4n) is 3.51. The van der Waals surface area contributed by atoms with Crippen LogP contribution in [0.15, 0.2) is 24.3 Å². The summed E-state index contributed by atoms with van der Waals surface area (Å²) in [6, 6.07) is 10.1. The molecule has 1 aliphatic heterocycles. The molecule has 2 nitrogen and oxygen atoms in total. The Morgan fingerprint density at radius 3 is 2.43 bits per heavy atom. The van der Waals surface area contributed by atoms with E-state index in [4.69, 9.17) is 4.74 Å². The summed E-state index contributed by atoms with van der Waals surface area (Å²) in [5, 5.41) is 3.80. The van der Waals surface area contributed by atoms with Crippen LogP contribution in [0.25, 0.3) is 0 Å². The molecule has 0 amide bonds. The third-order valence-corrected chi connectivity index (χ3v) is 4.81. The van der Waals surface area contributed by atoms with Gasteiger partial charge in [0.25, 0.3) is 0 Å². The zero-order chi connectivity index (χ0) is 14.8. The zero-order valence-electron chi connectivity index (χ0n) is 13.6. The summed E-state index contributed by atoms with van der Waals surface area (Å²) >= 11 is 0. The van der Waals surface area contributed by atoms with E-state index in [-0.39, 0.29) is 0 Å². The van der Waals surface area contributed by atoms with Crippen molar-refractivity contribution in [3.8, 4) is 0 Å². The van der Waals surface area contributed by atoms with Crippen molar-refractivity contribution in [1.29, 1.82) is 0 Å². The molecular weight excluding hydrogens is 258 g/mol. The van der Waals surface area contributed by atoms with Crippen LogP contribution in [0.5, 0.6) is 0 Å². The van der Waals surface area contributed by atoms with Gasteiger partial charge >= 0.3 is 0 Å². The third kappa shape index (κ3) is 3.87. The van der Waals surface area contributed by atoms with E-state index >= 15 is 0 Å². The summed E-state index contributed by atoms with van der Waals surface area (Å²) in [5.41, 5.74) is 2.84. The van der Waals surface area contributed by atoms with Gasteiger partial charge in [-0.25, -0.2) is 0 Å².